The van der Waals surface area contributed by atoms with Gasteiger partial charge in [-0.25, -0.2) is 9.18 Å². The zero-order valence-corrected chi connectivity index (χ0v) is 14.1. The van der Waals surface area contributed by atoms with Crippen LogP contribution in [0.1, 0.15) is 20.7 Å². The molecule has 0 fully saturated rings. The molecule has 1 amide bonds. The molecule has 0 atom stereocenters. The van der Waals surface area contributed by atoms with Gasteiger partial charge >= 0.3 is 5.97 Å². The highest BCUT2D eigenvalue weighted by Gasteiger charge is 2.16. The van der Waals surface area contributed by atoms with Gasteiger partial charge in [0.15, 0.2) is 0 Å². The second kappa shape index (κ2) is 7.37. The summed E-state index contributed by atoms with van der Waals surface area (Å²) >= 11 is 5.92. The first-order chi connectivity index (χ1) is 12.5. The van der Waals surface area contributed by atoms with Crippen LogP contribution in [0.5, 0.6) is 0 Å². The van der Waals surface area contributed by atoms with Gasteiger partial charge in [0.1, 0.15) is 5.82 Å². The Labute approximate surface area is 153 Å². The Kier molecular flexibility index (Phi) is 5.00. The van der Waals surface area contributed by atoms with Crippen molar-refractivity contribution in [2.75, 3.05) is 5.32 Å². The van der Waals surface area contributed by atoms with Crippen molar-refractivity contribution >= 4 is 29.2 Å². The maximum absolute atomic E-state index is 14.1. The fraction of sp³-hybridized carbons (Fsp3) is 0. The van der Waals surface area contributed by atoms with Crippen molar-refractivity contribution in [3.05, 3.63) is 88.7 Å². The molecule has 0 bridgehead atoms. The van der Waals surface area contributed by atoms with E-state index in [0.717, 1.165) is 0 Å². The molecule has 3 aromatic rings. The van der Waals surface area contributed by atoms with Crippen molar-refractivity contribution in [2.45, 2.75) is 0 Å². The van der Waals surface area contributed by atoms with Gasteiger partial charge in [0, 0.05) is 16.1 Å². The summed E-state index contributed by atoms with van der Waals surface area (Å²) in [6.07, 6.45) is 0. The molecule has 0 aliphatic heterocycles. The molecule has 2 N–H and O–H groups in total. The van der Waals surface area contributed by atoms with Crippen LogP contribution in [0.2, 0.25) is 5.02 Å². The number of halogens is 2. The minimum absolute atomic E-state index is 0.0724. The van der Waals surface area contributed by atoms with Crippen LogP contribution in [0.15, 0.2) is 66.7 Å². The van der Waals surface area contributed by atoms with Crippen molar-refractivity contribution in [3.8, 4) is 11.1 Å². The quantitative estimate of drug-likeness (QED) is 0.672. The monoisotopic (exact) mass is 369 g/mol. The van der Waals surface area contributed by atoms with Crippen molar-refractivity contribution in [2.24, 2.45) is 0 Å². The van der Waals surface area contributed by atoms with E-state index in [2.05, 4.69) is 5.32 Å². The van der Waals surface area contributed by atoms with Gasteiger partial charge in [-0.1, -0.05) is 35.9 Å². The first-order valence-corrected chi connectivity index (χ1v) is 8.02. The van der Waals surface area contributed by atoms with E-state index in [4.69, 9.17) is 11.6 Å². The Morgan fingerprint density at radius 2 is 1.69 bits per heavy atom. The second-order valence-electron chi connectivity index (χ2n) is 5.51. The summed E-state index contributed by atoms with van der Waals surface area (Å²) < 4.78 is 14.1. The van der Waals surface area contributed by atoms with Crippen molar-refractivity contribution < 1.29 is 19.1 Å². The molecule has 4 nitrogen and oxygen atoms in total. The molecule has 0 aliphatic carbocycles. The van der Waals surface area contributed by atoms with Gasteiger partial charge in [-0.2, -0.15) is 0 Å². The van der Waals surface area contributed by atoms with E-state index < -0.39 is 17.7 Å². The van der Waals surface area contributed by atoms with E-state index in [9.17, 15) is 19.1 Å². The summed E-state index contributed by atoms with van der Waals surface area (Å²) in [7, 11) is 0. The van der Waals surface area contributed by atoms with E-state index in [1.165, 1.54) is 36.4 Å². The van der Waals surface area contributed by atoms with Crippen molar-refractivity contribution in [1.29, 1.82) is 0 Å². The predicted octanol–water partition coefficient (Wildman–Crippen LogP) is 5.10. The number of hydrogen-bond donors (Lipinski definition) is 2. The number of carboxylic acid groups (broad SMARTS) is 1. The van der Waals surface area contributed by atoms with Crippen molar-refractivity contribution in [3.63, 3.8) is 0 Å². The maximum Gasteiger partial charge on any atom is 0.337 e. The number of hydrogen-bond acceptors (Lipinski definition) is 2. The number of nitrogens with one attached hydrogen (secondary N) is 1. The molecule has 0 aliphatic rings. The molecule has 26 heavy (non-hydrogen) atoms. The first kappa shape index (κ1) is 17.6. The Balaban J connectivity index is 2.03. The third-order valence-corrected chi connectivity index (χ3v) is 4.01. The third kappa shape index (κ3) is 3.73. The average molecular weight is 370 g/mol. The van der Waals surface area contributed by atoms with Crippen LogP contribution in [-0.2, 0) is 0 Å². The van der Waals surface area contributed by atoms with Crippen LogP contribution in [-0.4, -0.2) is 17.0 Å². The predicted molar refractivity (Wildman–Crippen MR) is 98.2 cm³/mol. The number of aromatic carboxylic acids is 1. The van der Waals surface area contributed by atoms with E-state index >= 15 is 0 Å². The summed E-state index contributed by atoms with van der Waals surface area (Å²) in [5, 5.41) is 12.3. The van der Waals surface area contributed by atoms with E-state index in [0.29, 0.717) is 16.1 Å². The summed E-state index contributed by atoms with van der Waals surface area (Å²) in [6.45, 7) is 0. The number of benzene rings is 3. The Morgan fingerprint density at radius 1 is 0.962 bits per heavy atom. The van der Waals surface area contributed by atoms with Crippen LogP contribution < -0.4 is 5.32 Å². The Hall–Kier alpha value is -3.18. The first-order valence-electron chi connectivity index (χ1n) is 7.65. The van der Waals surface area contributed by atoms with Gasteiger partial charge in [-0.15, -0.1) is 0 Å². The fourth-order valence-electron chi connectivity index (χ4n) is 2.50. The highest BCUT2D eigenvalue weighted by Crippen LogP contribution is 2.30. The highest BCUT2D eigenvalue weighted by molar-refractivity contribution is 6.30. The molecule has 0 aromatic heterocycles. The van der Waals surface area contributed by atoms with Gasteiger partial charge in [-0.05, 0) is 48.0 Å². The number of amides is 1. The number of rotatable bonds is 4. The summed E-state index contributed by atoms with van der Waals surface area (Å²) in [5.74, 6) is -2.17. The Morgan fingerprint density at radius 3 is 2.38 bits per heavy atom. The van der Waals surface area contributed by atoms with Crippen LogP contribution in [0.25, 0.3) is 11.1 Å². The number of carboxylic acids is 1. The van der Waals surface area contributed by atoms with Gasteiger partial charge in [0.05, 0.1) is 11.3 Å². The largest absolute Gasteiger partial charge is 0.478 e. The van der Waals surface area contributed by atoms with Crippen LogP contribution in [0.4, 0.5) is 10.1 Å². The molecule has 0 heterocycles. The molecule has 6 heteroatoms. The Bertz CT molecular complexity index is 990. The topological polar surface area (TPSA) is 66.4 Å². The van der Waals surface area contributed by atoms with Gasteiger partial charge < -0.3 is 10.4 Å². The molecule has 0 spiro atoms. The lowest BCUT2D eigenvalue weighted by molar-refractivity contribution is 0.0698. The molecule has 130 valence electrons. The second-order valence-corrected chi connectivity index (χ2v) is 5.95. The molecule has 0 unspecified atom stereocenters. The molecular weight excluding hydrogens is 357 g/mol. The zero-order valence-electron chi connectivity index (χ0n) is 13.4. The SMILES string of the molecule is O=C(Nc1cc(-c2cc(Cl)ccc2F)ccc1C(=O)O)c1ccccc1. The van der Waals surface area contributed by atoms with E-state index in [1.807, 2.05) is 0 Å². The van der Waals surface area contributed by atoms with E-state index in [-0.39, 0.29) is 16.8 Å². The minimum atomic E-state index is -1.20. The third-order valence-electron chi connectivity index (χ3n) is 3.77. The molecule has 3 aromatic carbocycles. The summed E-state index contributed by atoms with van der Waals surface area (Å²) in [6, 6.07) is 16.7. The zero-order chi connectivity index (χ0) is 18.7. The van der Waals surface area contributed by atoms with Gasteiger partial charge in [0.25, 0.3) is 5.91 Å². The number of anilines is 1. The number of carbonyl (C=O) groups is 2. The fourth-order valence-corrected chi connectivity index (χ4v) is 2.68. The van der Waals surface area contributed by atoms with Crippen LogP contribution in [0, 0.1) is 5.82 Å². The summed E-state index contributed by atoms with van der Waals surface area (Å²) in [4.78, 5) is 23.8. The van der Waals surface area contributed by atoms with Crippen LogP contribution in [0.3, 0.4) is 0 Å². The maximum atomic E-state index is 14.1. The van der Waals surface area contributed by atoms with Crippen LogP contribution >= 0.6 is 11.6 Å². The lowest BCUT2D eigenvalue weighted by Crippen LogP contribution is -2.14. The highest BCUT2D eigenvalue weighted by atomic mass is 35.5. The number of carbonyl (C=O) groups excluding carboxylic acids is 1. The molecular formula is C20H13ClFNO3. The smallest absolute Gasteiger partial charge is 0.337 e. The van der Waals surface area contributed by atoms with Gasteiger partial charge in [0.2, 0.25) is 0 Å². The minimum Gasteiger partial charge on any atom is -0.478 e. The van der Waals surface area contributed by atoms with E-state index in [1.54, 1.807) is 30.3 Å². The average Bonchev–Trinajstić information content (AvgIpc) is 2.64. The summed E-state index contributed by atoms with van der Waals surface area (Å²) in [5.41, 5.74) is 0.967. The van der Waals surface area contributed by atoms with Gasteiger partial charge in [-0.3, -0.25) is 4.79 Å². The molecule has 3 rings (SSSR count). The normalized spacial score (nSPS) is 10.4. The molecule has 0 saturated carbocycles. The van der Waals surface area contributed by atoms with Crippen molar-refractivity contribution in [1.82, 2.24) is 0 Å². The standard InChI is InChI=1S/C20H13ClFNO3/c21-14-7-9-17(22)16(11-14)13-6-8-15(20(25)26)18(10-13)23-19(24)12-4-2-1-3-5-12/h1-11H,(H,23,24)(H,25,26). The molecule has 0 radical (unpaired) electrons. The lowest BCUT2D eigenvalue weighted by Gasteiger charge is -2.12. The molecule has 0 saturated heterocycles. The lowest BCUT2D eigenvalue weighted by atomic mass is 10.0.